The molecule has 2 saturated heterocycles. The lowest BCUT2D eigenvalue weighted by Crippen LogP contribution is -2.47. The molecule has 0 saturated carbocycles. The summed E-state index contributed by atoms with van der Waals surface area (Å²) in [6.45, 7) is 6.51. The second kappa shape index (κ2) is 6.36. The zero-order valence-corrected chi connectivity index (χ0v) is 10.8. The molecule has 2 rings (SSSR count). The lowest BCUT2D eigenvalue weighted by molar-refractivity contribution is -0.134. The lowest BCUT2D eigenvalue weighted by atomic mass is 9.97. The maximum Gasteiger partial charge on any atom is 0.239 e. The molecular formula is C13H24N2O2. The number of hydrogen-bond acceptors (Lipinski definition) is 3. The summed E-state index contributed by atoms with van der Waals surface area (Å²) in [5, 5.41) is 3.28. The summed E-state index contributed by atoms with van der Waals surface area (Å²) in [5.41, 5.74) is 0. The fourth-order valence-electron chi connectivity index (χ4n) is 2.72. The topological polar surface area (TPSA) is 41.6 Å². The maximum absolute atomic E-state index is 12.2. The summed E-state index contributed by atoms with van der Waals surface area (Å²) >= 11 is 0. The second-order valence-corrected chi connectivity index (χ2v) is 5.08. The van der Waals surface area contributed by atoms with Crippen molar-refractivity contribution in [2.75, 3.05) is 32.8 Å². The molecule has 2 aliphatic heterocycles. The Hall–Kier alpha value is -0.610. The number of amides is 1. The predicted octanol–water partition coefficient (Wildman–Crippen LogP) is 1.01. The third kappa shape index (κ3) is 3.42. The van der Waals surface area contributed by atoms with Gasteiger partial charge in [-0.1, -0.05) is 0 Å². The molecule has 0 bridgehead atoms. The van der Waals surface area contributed by atoms with Crippen LogP contribution in [0.3, 0.4) is 0 Å². The number of nitrogens with zero attached hydrogens (tertiary/aromatic N) is 1. The fourth-order valence-corrected chi connectivity index (χ4v) is 2.72. The number of rotatable bonds is 4. The van der Waals surface area contributed by atoms with E-state index in [-0.39, 0.29) is 6.04 Å². The number of likely N-dealkylation sites (tertiary alicyclic amines) is 1. The van der Waals surface area contributed by atoms with E-state index in [4.69, 9.17) is 4.74 Å². The van der Waals surface area contributed by atoms with Crippen LogP contribution in [0.25, 0.3) is 0 Å². The van der Waals surface area contributed by atoms with Gasteiger partial charge in [0, 0.05) is 26.3 Å². The zero-order valence-electron chi connectivity index (χ0n) is 10.8. The first kappa shape index (κ1) is 12.8. The molecular weight excluding hydrogens is 216 g/mol. The Kier molecular flexibility index (Phi) is 4.80. The highest BCUT2D eigenvalue weighted by Gasteiger charge is 2.29. The normalized spacial score (nSPS) is 26.4. The summed E-state index contributed by atoms with van der Waals surface area (Å²) in [5.74, 6) is 0.966. The van der Waals surface area contributed by atoms with Gasteiger partial charge in [-0.05, 0) is 45.1 Å². The molecule has 0 unspecified atom stereocenters. The molecule has 1 N–H and O–H groups in total. The van der Waals surface area contributed by atoms with Crippen molar-refractivity contribution in [1.29, 1.82) is 0 Å². The fraction of sp³-hybridized carbons (Fsp3) is 0.923. The minimum absolute atomic E-state index is 0.0958. The highest BCUT2D eigenvalue weighted by atomic mass is 16.5. The molecule has 0 aliphatic carbocycles. The van der Waals surface area contributed by atoms with E-state index in [1.807, 2.05) is 11.8 Å². The molecule has 0 spiro atoms. The van der Waals surface area contributed by atoms with Crippen LogP contribution in [-0.4, -0.2) is 49.7 Å². The minimum Gasteiger partial charge on any atom is -0.381 e. The van der Waals surface area contributed by atoms with Crippen LogP contribution in [-0.2, 0) is 9.53 Å². The molecule has 4 nitrogen and oxygen atoms in total. The first-order valence-electron chi connectivity index (χ1n) is 6.91. The van der Waals surface area contributed by atoms with E-state index in [1.165, 1.54) is 0 Å². The van der Waals surface area contributed by atoms with Gasteiger partial charge in [-0.2, -0.15) is 0 Å². The van der Waals surface area contributed by atoms with Gasteiger partial charge >= 0.3 is 0 Å². The third-order valence-electron chi connectivity index (χ3n) is 3.84. The number of carbonyl (C=O) groups is 1. The Balaban J connectivity index is 1.72. The van der Waals surface area contributed by atoms with Crippen LogP contribution in [0.2, 0.25) is 0 Å². The van der Waals surface area contributed by atoms with Crippen LogP contribution in [0.15, 0.2) is 0 Å². The van der Waals surface area contributed by atoms with Crippen LogP contribution >= 0.6 is 0 Å². The molecule has 1 amide bonds. The first-order valence-corrected chi connectivity index (χ1v) is 6.91. The molecule has 2 fully saturated rings. The SMILES string of the molecule is CCOCC1CCN(C(=O)[C@H]2CCCN2)CC1. The average molecular weight is 240 g/mol. The molecule has 0 aromatic rings. The van der Waals surface area contributed by atoms with Gasteiger partial charge in [-0.3, -0.25) is 4.79 Å². The second-order valence-electron chi connectivity index (χ2n) is 5.08. The van der Waals surface area contributed by atoms with E-state index in [2.05, 4.69) is 5.32 Å². The molecule has 0 radical (unpaired) electrons. The van der Waals surface area contributed by atoms with Crippen LogP contribution < -0.4 is 5.32 Å². The molecule has 4 heteroatoms. The molecule has 0 aromatic heterocycles. The van der Waals surface area contributed by atoms with Crippen LogP contribution in [0.5, 0.6) is 0 Å². The summed E-state index contributed by atoms with van der Waals surface area (Å²) in [6, 6.07) is 0.0958. The Labute approximate surface area is 104 Å². The van der Waals surface area contributed by atoms with E-state index in [1.54, 1.807) is 0 Å². The Morgan fingerprint density at radius 3 is 2.71 bits per heavy atom. The van der Waals surface area contributed by atoms with Crippen molar-refractivity contribution in [3.63, 3.8) is 0 Å². The molecule has 17 heavy (non-hydrogen) atoms. The molecule has 0 aromatic carbocycles. The van der Waals surface area contributed by atoms with Gasteiger partial charge in [-0.15, -0.1) is 0 Å². The van der Waals surface area contributed by atoms with Crippen LogP contribution in [0, 0.1) is 5.92 Å². The quantitative estimate of drug-likeness (QED) is 0.797. The zero-order chi connectivity index (χ0) is 12.1. The number of nitrogens with one attached hydrogen (secondary N) is 1. The predicted molar refractivity (Wildman–Crippen MR) is 66.8 cm³/mol. The van der Waals surface area contributed by atoms with Crippen LogP contribution in [0.1, 0.15) is 32.6 Å². The number of hydrogen-bond donors (Lipinski definition) is 1. The van der Waals surface area contributed by atoms with E-state index >= 15 is 0 Å². The standard InChI is InChI=1S/C13H24N2O2/c1-2-17-10-11-5-8-15(9-6-11)13(16)12-4-3-7-14-12/h11-12,14H,2-10H2,1H3/t12-/m1/s1. The van der Waals surface area contributed by atoms with E-state index in [0.29, 0.717) is 11.8 Å². The van der Waals surface area contributed by atoms with Gasteiger partial charge < -0.3 is 15.0 Å². The van der Waals surface area contributed by atoms with Crippen molar-refractivity contribution in [2.45, 2.75) is 38.6 Å². The van der Waals surface area contributed by atoms with Crippen molar-refractivity contribution >= 4 is 5.91 Å². The Bertz CT molecular complexity index is 244. The Morgan fingerprint density at radius 2 is 2.12 bits per heavy atom. The van der Waals surface area contributed by atoms with Crippen LogP contribution in [0.4, 0.5) is 0 Å². The summed E-state index contributed by atoms with van der Waals surface area (Å²) in [4.78, 5) is 14.2. The van der Waals surface area contributed by atoms with E-state index in [9.17, 15) is 4.79 Å². The Morgan fingerprint density at radius 1 is 1.35 bits per heavy atom. The van der Waals surface area contributed by atoms with Gasteiger partial charge in [0.2, 0.25) is 5.91 Å². The molecule has 98 valence electrons. The molecule has 1 atom stereocenters. The number of carbonyl (C=O) groups excluding carboxylic acids is 1. The lowest BCUT2D eigenvalue weighted by Gasteiger charge is -2.33. The minimum atomic E-state index is 0.0958. The number of ether oxygens (including phenoxy) is 1. The van der Waals surface area contributed by atoms with Crippen molar-refractivity contribution in [3.8, 4) is 0 Å². The first-order chi connectivity index (χ1) is 8.31. The third-order valence-corrected chi connectivity index (χ3v) is 3.84. The highest BCUT2D eigenvalue weighted by Crippen LogP contribution is 2.19. The van der Waals surface area contributed by atoms with Gasteiger partial charge in [0.05, 0.1) is 6.04 Å². The van der Waals surface area contributed by atoms with E-state index < -0.39 is 0 Å². The van der Waals surface area contributed by atoms with Gasteiger partial charge in [-0.25, -0.2) is 0 Å². The largest absolute Gasteiger partial charge is 0.381 e. The van der Waals surface area contributed by atoms with Gasteiger partial charge in [0.15, 0.2) is 0 Å². The summed E-state index contributed by atoms with van der Waals surface area (Å²) in [7, 11) is 0. The molecule has 2 heterocycles. The monoisotopic (exact) mass is 240 g/mol. The van der Waals surface area contributed by atoms with Gasteiger partial charge in [0.25, 0.3) is 0 Å². The highest BCUT2D eigenvalue weighted by molar-refractivity contribution is 5.82. The van der Waals surface area contributed by atoms with Crippen molar-refractivity contribution in [1.82, 2.24) is 10.2 Å². The van der Waals surface area contributed by atoms with Crippen molar-refractivity contribution in [3.05, 3.63) is 0 Å². The molecule has 2 aliphatic rings. The summed E-state index contributed by atoms with van der Waals surface area (Å²) in [6.07, 6.45) is 4.34. The number of piperidine rings is 1. The maximum atomic E-state index is 12.2. The van der Waals surface area contributed by atoms with Crippen molar-refractivity contribution < 1.29 is 9.53 Å². The smallest absolute Gasteiger partial charge is 0.239 e. The van der Waals surface area contributed by atoms with E-state index in [0.717, 1.165) is 58.5 Å². The summed E-state index contributed by atoms with van der Waals surface area (Å²) < 4.78 is 5.45. The van der Waals surface area contributed by atoms with Gasteiger partial charge in [0.1, 0.15) is 0 Å². The van der Waals surface area contributed by atoms with Crippen molar-refractivity contribution in [2.24, 2.45) is 5.92 Å². The average Bonchev–Trinajstić information content (AvgIpc) is 2.90.